The van der Waals surface area contributed by atoms with Crippen LogP contribution in [0, 0.1) is 12.7 Å². The van der Waals surface area contributed by atoms with Crippen molar-refractivity contribution in [1.29, 1.82) is 0 Å². The average molecular weight is 362 g/mol. The largest absolute Gasteiger partial charge is 0.450 e. The highest BCUT2D eigenvalue weighted by atomic mass is 19.1. The van der Waals surface area contributed by atoms with Crippen LogP contribution in [-0.4, -0.2) is 11.8 Å². The van der Waals surface area contributed by atoms with Crippen LogP contribution < -0.4 is 10.9 Å². The summed E-state index contributed by atoms with van der Waals surface area (Å²) in [7, 11) is 0. The molecule has 4 rings (SSSR count). The SMILES string of the molecule is Cc1c(C(=O)NNC(=O)c2ccccc2F)oc2c1ccc1ccccc12. The molecule has 0 aliphatic carbocycles. The Kier molecular flexibility index (Phi) is 4.08. The van der Waals surface area contributed by atoms with E-state index in [-0.39, 0.29) is 11.3 Å². The maximum atomic E-state index is 13.6. The second kappa shape index (κ2) is 6.57. The third kappa shape index (κ3) is 2.91. The Morgan fingerprint density at radius 1 is 0.852 bits per heavy atom. The van der Waals surface area contributed by atoms with Crippen LogP contribution in [0.25, 0.3) is 21.7 Å². The van der Waals surface area contributed by atoms with Gasteiger partial charge in [-0.3, -0.25) is 20.4 Å². The second-order valence-corrected chi connectivity index (χ2v) is 6.11. The number of nitrogens with one attached hydrogen (secondary N) is 2. The van der Waals surface area contributed by atoms with Gasteiger partial charge in [-0.2, -0.15) is 0 Å². The minimum atomic E-state index is -0.749. The number of carbonyl (C=O) groups is 2. The summed E-state index contributed by atoms with van der Waals surface area (Å²) in [4.78, 5) is 24.5. The van der Waals surface area contributed by atoms with E-state index in [2.05, 4.69) is 10.9 Å². The third-order valence-electron chi connectivity index (χ3n) is 4.44. The molecule has 0 spiro atoms. The molecule has 0 radical (unpaired) electrons. The lowest BCUT2D eigenvalue weighted by atomic mass is 10.1. The van der Waals surface area contributed by atoms with Gasteiger partial charge < -0.3 is 4.42 Å². The Morgan fingerprint density at radius 3 is 2.37 bits per heavy atom. The van der Waals surface area contributed by atoms with Gasteiger partial charge in [0.2, 0.25) is 0 Å². The number of fused-ring (bicyclic) bond motifs is 3. The molecule has 2 amide bonds. The van der Waals surface area contributed by atoms with Crippen LogP contribution in [0.4, 0.5) is 4.39 Å². The molecule has 0 aliphatic heterocycles. The number of hydrogen-bond acceptors (Lipinski definition) is 3. The van der Waals surface area contributed by atoms with Crippen molar-refractivity contribution in [1.82, 2.24) is 10.9 Å². The Bertz CT molecular complexity index is 1200. The van der Waals surface area contributed by atoms with Crippen LogP contribution in [0.3, 0.4) is 0 Å². The fraction of sp³-hybridized carbons (Fsp3) is 0.0476. The molecule has 0 atom stereocenters. The Morgan fingerprint density at radius 2 is 1.56 bits per heavy atom. The molecule has 27 heavy (non-hydrogen) atoms. The van der Waals surface area contributed by atoms with Crippen molar-refractivity contribution in [3.8, 4) is 0 Å². The summed E-state index contributed by atoms with van der Waals surface area (Å²) in [6, 6.07) is 17.1. The van der Waals surface area contributed by atoms with Crippen LogP contribution in [0.1, 0.15) is 26.5 Å². The van der Waals surface area contributed by atoms with Gasteiger partial charge in [0.25, 0.3) is 5.91 Å². The maximum absolute atomic E-state index is 13.6. The predicted molar refractivity (Wildman–Crippen MR) is 99.8 cm³/mol. The topological polar surface area (TPSA) is 71.3 Å². The first-order chi connectivity index (χ1) is 13.1. The minimum absolute atomic E-state index is 0.0928. The van der Waals surface area contributed by atoms with Crippen LogP contribution in [-0.2, 0) is 0 Å². The lowest BCUT2D eigenvalue weighted by Gasteiger charge is -2.07. The van der Waals surface area contributed by atoms with Gasteiger partial charge in [-0.05, 0) is 24.4 Å². The van der Waals surface area contributed by atoms with Crippen molar-refractivity contribution in [2.24, 2.45) is 0 Å². The summed E-state index contributed by atoms with van der Waals surface area (Å²) >= 11 is 0. The monoisotopic (exact) mass is 362 g/mol. The molecule has 6 heteroatoms. The van der Waals surface area contributed by atoms with Gasteiger partial charge in [0, 0.05) is 16.3 Å². The molecule has 4 aromatic rings. The van der Waals surface area contributed by atoms with Crippen molar-refractivity contribution < 1.29 is 18.4 Å². The molecule has 3 aromatic carbocycles. The van der Waals surface area contributed by atoms with Gasteiger partial charge in [-0.15, -0.1) is 0 Å². The molecule has 1 heterocycles. The van der Waals surface area contributed by atoms with E-state index < -0.39 is 17.6 Å². The zero-order valence-corrected chi connectivity index (χ0v) is 14.4. The van der Waals surface area contributed by atoms with Gasteiger partial charge in [0.15, 0.2) is 5.76 Å². The van der Waals surface area contributed by atoms with Crippen molar-refractivity contribution in [3.05, 3.63) is 83.4 Å². The first-order valence-corrected chi connectivity index (χ1v) is 8.32. The fourth-order valence-corrected chi connectivity index (χ4v) is 3.05. The van der Waals surface area contributed by atoms with E-state index in [0.717, 1.165) is 16.2 Å². The van der Waals surface area contributed by atoms with E-state index in [4.69, 9.17) is 4.42 Å². The van der Waals surface area contributed by atoms with Gasteiger partial charge in [0.05, 0.1) is 5.56 Å². The van der Waals surface area contributed by atoms with Gasteiger partial charge in [0.1, 0.15) is 11.4 Å². The van der Waals surface area contributed by atoms with E-state index in [1.807, 2.05) is 36.4 Å². The zero-order valence-electron chi connectivity index (χ0n) is 14.4. The first-order valence-electron chi connectivity index (χ1n) is 8.32. The third-order valence-corrected chi connectivity index (χ3v) is 4.44. The van der Waals surface area contributed by atoms with Crippen LogP contribution in [0.5, 0.6) is 0 Å². The van der Waals surface area contributed by atoms with Crippen molar-refractivity contribution >= 4 is 33.6 Å². The highest BCUT2D eigenvalue weighted by molar-refractivity contribution is 6.09. The number of amides is 2. The second-order valence-electron chi connectivity index (χ2n) is 6.11. The molecule has 5 nitrogen and oxygen atoms in total. The standard InChI is InChI=1S/C21H15FN2O3/c1-12-14-11-10-13-6-2-3-7-15(13)19(14)27-18(12)21(26)24-23-20(25)16-8-4-5-9-17(16)22/h2-11H,1H3,(H,23,25)(H,24,26). The molecule has 0 bridgehead atoms. The lowest BCUT2D eigenvalue weighted by molar-refractivity contribution is 0.0829. The van der Waals surface area contributed by atoms with Crippen molar-refractivity contribution in [2.75, 3.05) is 0 Å². The average Bonchev–Trinajstić information content (AvgIpc) is 3.03. The molecular weight excluding hydrogens is 347 g/mol. The molecule has 134 valence electrons. The summed E-state index contributed by atoms with van der Waals surface area (Å²) in [5.74, 6) is -1.94. The molecule has 0 saturated heterocycles. The summed E-state index contributed by atoms with van der Waals surface area (Å²) in [5, 5.41) is 2.71. The molecule has 0 saturated carbocycles. The van der Waals surface area contributed by atoms with E-state index >= 15 is 0 Å². The smallest absolute Gasteiger partial charge is 0.305 e. The van der Waals surface area contributed by atoms with Crippen LogP contribution in [0.15, 0.2) is 65.1 Å². The zero-order chi connectivity index (χ0) is 19.0. The number of aryl methyl sites for hydroxylation is 1. The fourth-order valence-electron chi connectivity index (χ4n) is 3.05. The van der Waals surface area contributed by atoms with Gasteiger partial charge in [-0.1, -0.05) is 48.5 Å². The highest BCUT2D eigenvalue weighted by Crippen LogP contribution is 2.31. The van der Waals surface area contributed by atoms with Crippen molar-refractivity contribution in [3.63, 3.8) is 0 Å². The highest BCUT2D eigenvalue weighted by Gasteiger charge is 2.20. The number of hydrogen-bond donors (Lipinski definition) is 2. The molecule has 0 aliphatic rings. The van der Waals surface area contributed by atoms with Gasteiger partial charge in [-0.25, -0.2) is 4.39 Å². The predicted octanol–water partition coefficient (Wildman–Crippen LogP) is 4.11. The number of rotatable bonds is 2. The number of carbonyl (C=O) groups excluding carboxylic acids is 2. The Balaban J connectivity index is 1.61. The summed E-state index contributed by atoms with van der Waals surface area (Å²) in [6.07, 6.45) is 0. The maximum Gasteiger partial charge on any atom is 0.305 e. The van der Waals surface area contributed by atoms with E-state index in [9.17, 15) is 14.0 Å². The Hall–Kier alpha value is -3.67. The molecule has 2 N–H and O–H groups in total. The summed E-state index contributed by atoms with van der Waals surface area (Å²) < 4.78 is 19.4. The summed E-state index contributed by atoms with van der Waals surface area (Å²) in [5.41, 5.74) is 5.59. The number of furan rings is 1. The molecule has 0 fully saturated rings. The first kappa shape index (κ1) is 16.8. The minimum Gasteiger partial charge on any atom is -0.450 e. The van der Waals surface area contributed by atoms with Crippen molar-refractivity contribution in [2.45, 2.75) is 6.92 Å². The normalized spacial score (nSPS) is 10.9. The van der Waals surface area contributed by atoms with E-state index in [1.165, 1.54) is 24.3 Å². The quantitative estimate of drug-likeness (QED) is 0.527. The van der Waals surface area contributed by atoms with Gasteiger partial charge >= 0.3 is 5.91 Å². The molecular formula is C21H15FN2O3. The van der Waals surface area contributed by atoms with Crippen LogP contribution in [0.2, 0.25) is 0 Å². The molecule has 0 unspecified atom stereocenters. The number of benzene rings is 3. The van der Waals surface area contributed by atoms with E-state index in [0.29, 0.717) is 11.1 Å². The number of halogens is 1. The lowest BCUT2D eigenvalue weighted by Crippen LogP contribution is -2.42. The van der Waals surface area contributed by atoms with Crippen LogP contribution >= 0.6 is 0 Å². The molecule has 1 aromatic heterocycles. The van der Waals surface area contributed by atoms with E-state index in [1.54, 1.807) is 6.92 Å². The summed E-state index contributed by atoms with van der Waals surface area (Å²) in [6.45, 7) is 1.77. The Labute approximate surface area is 153 Å². The number of hydrazine groups is 1.